The molecular formula is C10H12ClNS. The molecule has 1 heterocycles. The highest BCUT2D eigenvalue weighted by molar-refractivity contribution is 7.10. The fraction of sp³-hybridized carbons (Fsp3) is 0.600. The third-order valence-electron chi connectivity index (χ3n) is 3.53. The Bertz CT molecular complexity index is 350. The summed E-state index contributed by atoms with van der Waals surface area (Å²) in [5.74, 6) is 0. The first-order chi connectivity index (χ1) is 6.16. The summed E-state index contributed by atoms with van der Waals surface area (Å²) in [5.41, 5.74) is 6.74. The fourth-order valence-electron chi connectivity index (χ4n) is 2.29. The third kappa shape index (κ3) is 1.03. The van der Waals surface area contributed by atoms with Gasteiger partial charge < -0.3 is 5.73 Å². The Morgan fingerprint density at radius 1 is 1.31 bits per heavy atom. The monoisotopic (exact) mass is 213 g/mol. The van der Waals surface area contributed by atoms with Gasteiger partial charge in [-0.3, -0.25) is 0 Å². The molecule has 1 aromatic heterocycles. The van der Waals surface area contributed by atoms with E-state index in [1.54, 1.807) is 11.3 Å². The minimum atomic E-state index is 0.126. The van der Waals surface area contributed by atoms with Crippen LogP contribution in [0.25, 0.3) is 0 Å². The van der Waals surface area contributed by atoms with Crippen LogP contribution in [0.1, 0.15) is 30.6 Å². The van der Waals surface area contributed by atoms with Crippen molar-refractivity contribution in [3.05, 3.63) is 21.3 Å². The molecule has 1 aromatic rings. The summed E-state index contributed by atoms with van der Waals surface area (Å²) in [7, 11) is 0. The lowest BCUT2D eigenvalue weighted by atomic mass is 9.93. The van der Waals surface area contributed by atoms with E-state index in [1.165, 1.54) is 30.6 Å². The van der Waals surface area contributed by atoms with Crippen molar-refractivity contribution in [3.63, 3.8) is 0 Å². The van der Waals surface area contributed by atoms with Crippen molar-refractivity contribution in [2.24, 2.45) is 5.73 Å². The summed E-state index contributed by atoms with van der Waals surface area (Å²) in [4.78, 5) is 1.41. The van der Waals surface area contributed by atoms with E-state index in [9.17, 15) is 0 Å². The number of rotatable bonds is 2. The molecule has 0 saturated heterocycles. The molecule has 70 valence electrons. The summed E-state index contributed by atoms with van der Waals surface area (Å²) in [6, 6.07) is 2.10. The summed E-state index contributed by atoms with van der Waals surface area (Å²) in [5, 5.41) is 2.89. The Morgan fingerprint density at radius 3 is 2.38 bits per heavy atom. The first-order valence-corrected chi connectivity index (χ1v) is 5.96. The van der Waals surface area contributed by atoms with E-state index < -0.39 is 0 Å². The molecule has 2 fully saturated rings. The van der Waals surface area contributed by atoms with Gasteiger partial charge in [0.05, 0.1) is 5.02 Å². The van der Waals surface area contributed by atoms with Gasteiger partial charge in [0.1, 0.15) is 0 Å². The van der Waals surface area contributed by atoms with Crippen LogP contribution in [0.15, 0.2) is 11.4 Å². The van der Waals surface area contributed by atoms with Gasteiger partial charge in [-0.05, 0) is 31.7 Å². The van der Waals surface area contributed by atoms with E-state index in [0.717, 1.165) is 5.02 Å². The normalized spacial score (nSPS) is 27.2. The zero-order valence-electron chi connectivity index (χ0n) is 7.35. The van der Waals surface area contributed by atoms with Gasteiger partial charge in [-0.25, -0.2) is 0 Å². The quantitative estimate of drug-likeness (QED) is 0.804. The van der Waals surface area contributed by atoms with Gasteiger partial charge >= 0.3 is 0 Å². The summed E-state index contributed by atoms with van der Waals surface area (Å²) in [6.07, 6.45) is 4.92. The van der Waals surface area contributed by atoms with Crippen LogP contribution in [0, 0.1) is 0 Å². The van der Waals surface area contributed by atoms with Crippen molar-refractivity contribution < 1.29 is 0 Å². The van der Waals surface area contributed by atoms with Crippen LogP contribution in [-0.4, -0.2) is 5.54 Å². The van der Waals surface area contributed by atoms with Crippen molar-refractivity contribution in [1.29, 1.82) is 0 Å². The van der Waals surface area contributed by atoms with Crippen LogP contribution in [0.2, 0.25) is 5.02 Å². The second kappa shape index (κ2) is 2.30. The number of hydrogen-bond donors (Lipinski definition) is 1. The molecule has 0 spiro atoms. The predicted molar refractivity (Wildman–Crippen MR) is 56.4 cm³/mol. The van der Waals surface area contributed by atoms with Crippen LogP contribution in [-0.2, 0) is 5.41 Å². The Hall–Kier alpha value is -0.0500. The van der Waals surface area contributed by atoms with E-state index in [-0.39, 0.29) is 5.54 Å². The van der Waals surface area contributed by atoms with E-state index in [4.69, 9.17) is 17.3 Å². The molecule has 1 nitrogen and oxygen atoms in total. The van der Waals surface area contributed by atoms with Crippen LogP contribution < -0.4 is 5.73 Å². The van der Waals surface area contributed by atoms with Gasteiger partial charge in [0.15, 0.2) is 0 Å². The molecule has 2 saturated carbocycles. The van der Waals surface area contributed by atoms with Crippen LogP contribution in [0.3, 0.4) is 0 Å². The molecule has 2 N–H and O–H groups in total. The van der Waals surface area contributed by atoms with Gasteiger partial charge in [-0.1, -0.05) is 11.6 Å². The highest BCUT2D eigenvalue weighted by atomic mass is 35.5. The maximum atomic E-state index is 6.29. The maximum Gasteiger partial charge on any atom is 0.0516 e. The number of nitrogens with two attached hydrogens (primary N) is 1. The fourth-order valence-corrected chi connectivity index (χ4v) is 3.73. The Morgan fingerprint density at radius 2 is 2.00 bits per heavy atom. The number of thiophene rings is 1. The molecule has 0 aliphatic heterocycles. The van der Waals surface area contributed by atoms with E-state index >= 15 is 0 Å². The summed E-state index contributed by atoms with van der Waals surface area (Å²) >= 11 is 7.71. The highest BCUT2D eigenvalue weighted by Gasteiger charge is 2.64. The standard InChI is InChI=1S/C10H12ClNS/c11-7-5-8(13-6-7)9(1-2-9)10(12)3-4-10/h5-6H,1-4,12H2. The zero-order valence-corrected chi connectivity index (χ0v) is 8.92. The molecule has 3 heteroatoms. The Labute approximate surface area is 86.9 Å². The van der Waals surface area contributed by atoms with Gasteiger partial charge in [0.2, 0.25) is 0 Å². The molecule has 0 aromatic carbocycles. The smallest absolute Gasteiger partial charge is 0.0516 e. The average Bonchev–Trinajstić information content (AvgIpc) is 2.97. The number of halogens is 1. The second-order valence-corrected chi connectivity index (χ2v) is 5.72. The van der Waals surface area contributed by atoms with E-state index in [0.29, 0.717) is 5.41 Å². The lowest BCUT2D eigenvalue weighted by Crippen LogP contribution is -2.36. The minimum absolute atomic E-state index is 0.126. The maximum absolute atomic E-state index is 6.29. The predicted octanol–water partition coefficient (Wildman–Crippen LogP) is 2.92. The first-order valence-electron chi connectivity index (χ1n) is 4.70. The Kier molecular flexibility index (Phi) is 1.46. The molecule has 0 radical (unpaired) electrons. The van der Waals surface area contributed by atoms with E-state index in [1.807, 2.05) is 5.38 Å². The summed E-state index contributed by atoms with van der Waals surface area (Å²) in [6.45, 7) is 0. The highest BCUT2D eigenvalue weighted by Crippen LogP contribution is 2.64. The van der Waals surface area contributed by atoms with Gasteiger partial charge in [0, 0.05) is 21.2 Å². The molecule has 0 bridgehead atoms. The third-order valence-corrected chi connectivity index (χ3v) is 5.01. The van der Waals surface area contributed by atoms with Crippen molar-refractivity contribution in [2.45, 2.75) is 36.6 Å². The van der Waals surface area contributed by atoms with Gasteiger partial charge in [-0.2, -0.15) is 0 Å². The van der Waals surface area contributed by atoms with Gasteiger partial charge in [-0.15, -0.1) is 11.3 Å². The first kappa shape index (κ1) is 8.27. The molecule has 3 rings (SSSR count). The van der Waals surface area contributed by atoms with Crippen molar-refractivity contribution in [3.8, 4) is 0 Å². The largest absolute Gasteiger partial charge is 0.324 e. The number of hydrogen-bond acceptors (Lipinski definition) is 2. The van der Waals surface area contributed by atoms with Crippen LogP contribution in [0.4, 0.5) is 0 Å². The molecule has 13 heavy (non-hydrogen) atoms. The van der Waals surface area contributed by atoms with Gasteiger partial charge in [0.25, 0.3) is 0 Å². The Balaban J connectivity index is 2.00. The molecule has 0 amide bonds. The molecule has 2 aliphatic carbocycles. The molecule has 2 aliphatic rings. The van der Waals surface area contributed by atoms with Crippen LogP contribution in [0.5, 0.6) is 0 Å². The lowest BCUT2D eigenvalue weighted by Gasteiger charge is -2.20. The van der Waals surface area contributed by atoms with Crippen LogP contribution >= 0.6 is 22.9 Å². The minimum Gasteiger partial charge on any atom is -0.324 e. The average molecular weight is 214 g/mol. The van der Waals surface area contributed by atoms with Crippen molar-refractivity contribution in [1.82, 2.24) is 0 Å². The topological polar surface area (TPSA) is 26.0 Å². The molecular weight excluding hydrogens is 202 g/mol. The van der Waals surface area contributed by atoms with Crippen molar-refractivity contribution in [2.75, 3.05) is 0 Å². The molecule has 0 atom stereocenters. The zero-order chi connectivity index (χ0) is 9.10. The second-order valence-electron chi connectivity index (χ2n) is 4.37. The molecule has 0 unspecified atom stereocenters. The van der Waals surface area contributed by atoms with Crippen molar-refractivity contribution >= 4 is 22.9 Å². The SMILES string of the molecule is NC1(C2(c3cc(Cl)cs3)CC2)CC1. The summed E-state index contributed by atoms with van der Waals surface area (Å²) < 4.78 is 0. The van der Waals surface area contributed by atoms with E-state index in [2.05, 4.69) is 6.07 Å². The lowest BCUT2D eigenvalue weighted by molar-refractivity contribution is 0.511.